The molecule has 76 valence electrons. The van der Waals surface area contributed by atoms with Crippen molar-refractivity contribution in [1.82, 2.24) is 4.98 Å². The molecule has 0 aliphatic heterocycles. The van der Waals surface area contributed by atoms with E-state index in [9.17, 15) is 23.3 Å². The second-order valence-electron chi connectivity index (χ2n) is 2.16. The molecule has 0 atom stereocenters. The highest BCUT2D eigenvalue weighted by Gasteiger charge is 2.30. The van der Waals surface area contributed by atoms with Gasteiger partial charge in [0.15, 0.2) is 0 Å². The van der Waals surface area contributed by atoms with Crippen LogP contribution in [0.15, 0.2) is 23.4 Å². The zero-order chi connectivity index (χ0) is 10.8. The van der Waals surface area contributed by atoms with Crippen LogP contribution in [-0.2, 0) is 0 Å². The maximum absolute atomic E-state index is 11.8. The number of alkyl halides is 3. The molecule has 1 rings (SSSR count). The van der Waals surface area contributed by atoms with Gasteiger partial charge in [-0.3, -0.25) is 10.1 Å². The number of aromatic nitrogens is 1. The zero-order valence-electron chi connectivity index (χ0n) is 6.49. The summed E-state index contributed by atoms with van der Waals surface area (Å²) < 4.78 is 35.4. The largest absolute Gasteiger partial charge is 0.447 e. The van der Waals surface area contributed by atoms with Crippen molar-refractivity contribution in [3.8, 4) is 0 Å². The molecule has 0 spiro atoms. The minimum Gasteiger partial charge on any atom is -0.258 e. The number of rotatable bonds is 2. The van der Waals surface area contributed by atoms with Gasteiger partial charge >= 0.3 is 5.51 Å². The first-order valence-corrected chi connectivity index (χ1v) is 4.06. The van der Waals surface area contributed by atoms with Gasteiger partial charge in [-0.2, -0.15) is 13.2 Å². The molecule has 0 fully saturated rings. The molecule has 1 aromatic rings. The van der Waals surface area contributed by atoms with E-state index in [4.69, 9.17) is 0 Å². The van der Waals surface area contributed by atoms with Crippen molar-refractivity contribution in [3.63, 3.8) is 0 Å². The highest BCUT2D eigenvalue weighted by molar-refractivity contribution is 8.00. The van der Waals surface area contributed by atoms with Crippen molar-refractivity contribution in [1.29, 1.82) is 0 Å². The molecular weight excluding hydrogens is 221 g/mol. The van der Waals surface area contributed by atoms with Crippen LogP contribution in [-0.4, -0.2) is 15.4 Å². The normalized spacial score (nSPS) is 11.4. The van der Waals surface area contributed by atoms with Crippen LogP contribution >= 0.6 is 11.8 Å². The first kappa shape index (κ1) is 10.8. The minimum absolute atomic E-state index is 0.317. The first-order valence-electron chi connectivity index (χ1n) is 3.25. The highest BCUT2D eigenvalue weighted by Crippen LogP contribution is 2.35. The Morgan fingerprint density at radius 3 is 2.43 bits per heavy atom. The number of thioether (sulfide) groups is 1. The van der Waals surface area contributed by atoms with Crippen molar-refractivity contribution >= 4 is 17.4 Å². The number of pyridine rings is 1. The Labute approximate surface area is 80.3 Å². The molecule has 0 bridgehead atoms. The smallest absolute Gasteiger partial charge is 0.258 e. The lowest BCUT2D eigenvalue weighted by molar-refractivity contribution is -0.385. The lowest BCUT2D eigenvalue weighted by Gasteiger charge is -2.03. The second kappa shape index (κ2) is 3.82. The topological polar surface area (TPSA) is 56.0 Å². The third-order valence-electron chi connectivity index (χ3n) is 1.15. The predicted molar refractivity (Wildman–Crippen MR) is 42.8 cm³/mol. The van der Waals surface area contributed by atoms with Crippen LogP contribution in [0.2, 0.25) is 0 Å². The van der Waals surface area contributed by atoms with Gasteiger partial charge in [-0.1, -0.05) is 0 Å². The van der Waals surface area contributed by atoms with Crippen LogP contribution in [0, 0.1) is 10.1 Å². The van der Waals surface area contributed by atoms with E-state index in [1.54, 1.807) is 0 Å². The molecule has 0 unspecified atom stereocenters. The summed E-state index contributed by atoms with van der Waals surface area (Å²) in [6.07, 6.45) is 0.786. The van der Waals surface area contributed by atoms with Gasteiger partial charge in [0.25, 0.3) is 5.69 Å². The number of nitro groups is 1. The quantitative estimate of drug-likeness (QED) is 0.440. The van der Waals surface area contributed by atoms with Crippen LogP contribution < -0.4 is 0 Å². The Kier molecular flexibility index (Phi) is 2.94. The molecule has 0 saturated carbocycles. The fourth-order valence-corrected chi connectivity index (χ4v) is 1.14. The van der Waals surface area contributed by atoms with Gasteiger partial charge in [0.05, 0.1) is 4.92 Å². The van der Waals surface area contributed by atoms with Crippen molar-refractivity contribution in [2.75, 3.05) is 0 Å². The molecule has 0 aliphatic carbocycles. The van der Waals surface area contributed by atoms with E-state index in [2.05, 4.69) is 4.98 Å². The summed E-state index contributed by atoms with van der Waals surface area (Å²) in [5.41, 5.74) is -4.76. The van der Waals surface area contributed by atoms with Crippen molar-refractivity contribution in [2.24, 2.45) is 0 Å². The van der Waals surface area contributed by atoms with E-state index in [-0.39, 0.29) is 10.7 Å². The molecule has 1 aromatic heterocycles. The fourth-order valence-electron chi connectivity index (χ4n) is 0.659. The summed E-state index contributed by atoms with van der Waals surface area (Å²) >= 11 is -0.413. The standard InChI is InChI=1S/C6H3F3N2O2S/c7-6(8,9)14-5-2-1-4(3-10-5)11(12)13/h1-3H. The molecule has 1 heterocycles. The highest BCUT2D eigenvalue weighted by atomic mass is 32.2. The lowest BCUT2D eigenvalue weighted by Crippen LogP contribution is -2.00. The van der Waals surface area contributed by atoms with Crippen molar-refractivity contribution in [3.05, 3.63) is 28.4 Å². The van der Waals surface area contributed by atoms with E-state index in [0.717, 1.165) is 18.3 Å². The second-order valence-corrected chi connectivity index (χ2v) is 3.24. The summed E-state index contributed by atoms with van der Waals surface area (Å²) in [5, 5.41) is 9.82. The zero-order valence-corrected chi connectivity index (χ0v) is 7.30. The molecule has 4 nitrogen and oxygen atoms in total. The Morgan fingerprint density at radius 1 is 1.43 bits per heavy atom. The summed E-state index contributed by atoms with van der Waals surface area (Å²) in [5.74, 6) is 0. The van der Waals surface area contributed by atoms with E-state index in [1.807, 2.05) is 0 Å². The minimum atomic E-state index is -4.43. The third kappa shape index (κ3) is 3.21. The molecule has 0 N–H and O–H groups in total. The maximum atomic E-state index is 11.8. The number of halogens is 3. The van der Waals surface area contributed by atoms with Gasteiger partial charge < -0.3 is 0 Å². The number of nitrogens with zero attached hydrogens (tertiary/aromatic N) is 2. The average molecular weight is 224 g/mol. The number of hydrogen-bond donors (Lipinski definition) is 0. The molecule has 14 heavy (non-hydrogen) atoms. The van der Waals surface area contributed by atoms with Crippen LogP contribution in [0.3, 0.4) is 0 Å². The van der Waals surface area contributed by atoms with E-state index >= 15 is 0 Å². The Bertz CT molecular complexity index is 338. The molecule has 8 heteroatoms. The van der Waals surface area contributed by atoms with Gasteiger partial charge in [0.2, 0.25) is 0 Å². The summed E-state index contributed by atoms with van der Waals surface area (Å²) in [6, 6.07) is 1.93. The monoisotopic (exact) mass is 224 g/mol. The molecule has 0 aliphatic rings. The van der Waals surface area contributed by atoms with E-state index in [1.165, 1.54) is 0 Å². The first-order chi connectivity index (χ1) is 6.38. The third-order valence-corrected chi connectivity index (χ3v) is 1.83. The fraction of sp³-hybridized carbons (Fsp3) is 0.167. The predicted octanol–water partition coefficient (Wildman–Crippen LogP) is 2.60. The van der Waals surface area contributed by atoms with Crippen LogP contribution in [0.25, 0.3) is 0 Å². The maximum Gasteiger partial charge on any atom is 0.447 e. The number of hydrogen-bond acceptors (Lipinski definition) is 4. The van der Waals surface area contributed by atoms with Gasteiger partial charge in [0.1, 0.15) is 11.2 Å². The van der Waals surface area contributed by atoms with Crippen LogP contribution in [0.4, 0.5) is 18.9 Å². The van der Waals surface area contributed by atoms with Crippen molar-refractivity contribution < 1.29 is 18.1 Å². The Morgan fingerprint density at radius 2 is 2.07 bits per heavy atom. The molecule has 0 amide bonds. The summed E-state index contributed by atoms with van der Waals surface area (Å²) in [7, 11) is 0. The van der Waals surface area contributed by atoms with Crippen LogP contribution in [0.1, 0.15) is 0 Å². The summed E-state index contributed by atoms with van der Waals surface area (Å²) in [6.45, 7) is 0. The summed E-state index contributed by atoms with van der Waals surface area (Å²) in [4.78, 5) is 12.7. The molecule has 0 radical (unpaired) electrons. The van der Waals surface area contributed by atoms with Gasteiger partial charge in [-0.15, -0.1) is 0 Å². The Balaban J connectivity index is 2.79. The van der Waals surface area contributed by atoms with Crippen molar-refractivity contribution in [2.45, 2.75) is 10.5 Å². The molecule has 0 saturated heterocycles. The Hall–Kier alpha value is -1.31. The van der Waals surface area contributed by atoms with Gasteiger partial charge in [-0.25, -0.2) is 4.98 Å². The SMILES string of the molecule is O=[N+]([O-])c1ccc(SC(F)(F)F)nc1. The average Bonchev–Trinajstić information content (AvgIpc) is 2.02. The lowest BCUT2D eigenvalue weighted by atomic mass is 10.4. The molecule has 0 aromatic carbocycles. The molecular formula is C6H3F3N2O2S. The van der Waals surface area contributed by atoms with Gasteiger partial charge in [-0.05, 0) is 6.07 Å². The van der Waals surface area contributed by atoms with E-state index in [0.29, 0.717) is 0 Å². The van der Waals surface area contributed by atoms with Crippen LogP contribution in [0.5, 0.6) is 0 Å². The van der Waals surface area contributed by atoms with E-state index < -0.39 is 22.2 Å². The van der Waals surface area contributed by atoms with Gasteiger partial charge in [0, 0.05) is 17.8 Å².